The van der Waals surface area contributed by atoms with E-state index in [4.69, 9.17) is 11.1 Å². The number of halogens is 1. The normalized spacial score (nSPS) is 31.8. The molecule has 4 nitrogen and oxygen atoms in total. The number of phenols is 1. The van der Waals surface area contributed by atoms with Crippen LogP contribution < -0.4 is 5.73 Å². The SMILES string of the molecule is Br.C[C@]12CCC3c4ccc(O)cc4C[C@@H](CCCCCCCCCSC(=N)N)C3C1CC[C@@H]2O. The molecule has 192 valence electrons. The lowest BCUT2D eigenvalue weighted by Crippen LogP contribution is -2.47. The first kappa shape index (κ1) is 27.9. The highest BCUT2D eigenvalue weighted by molar-refractivity contribution is 8.93. The molecule has 6 heteroatoms. The maximum Gasteiger partial charge on any atom is 0.151 e. The van der Waals surface area contributed by atoms with E-state index in [0.717, 1.165) is 31.4 Å². The van der Waals surface area contributed by atoms with E-state index >= 15 is 0 Å². The number of hydrogen-bond acceptors (Lipinski definition) is 4. The van der Waals surface area contributed by atoms with Crippen molar-refractivity contribution in [3.05, 3.63) is 29.3 Å². The first-order valence-corrected chi connectivity index (χ1v) is 14.4. The number of unbranched alkanes of at least 4 members (excludes halogenated alkanes) is 6. The number of amidine groups is 1. The van der Waals surface area contributed by atoms with Crippen molar-refractivity contribution < 1.29 is 10.2 Å². The minimum atomic E-state index is -0.126. The molecule has 34 heavy (non-hydrogen) atoms. The van der Waals surface area contributed by atoms with Crippen molar-refractivity contribution in [1.29, 1.82) is 5.41 Å². The molecule has 0 amide bonds. The summed E-state index contributed by atoms with van der Waals surface area (Å²) >= 11 is 1.46. The minimum Gasteiger partial charge on any atom is -0.508 e. The van der Waals surface area contributed by atoms with E-state index in [1.807, 2.05) is 12.1 Å². The third-order valence-corrected chi connectivity index (χ3v) is 10.1. The summed E-state index contributed by atoms with van der Waals surface area (Å²) in [5, 5.41) is 28.4. The summed E-state index contributed by atoms with van der Waals surface area (Å²) in [6, 6.07) is 6.11. The predicted octanol–water partition coefficient (Wildman–Crippen LogP) is 7.16. The Morgan fingerprint density at radius 1 is 1.09 bits per heavy atom. The molecule has 0 saturated heterocycles. The van der Waals surface area contributed by atoms with Crippen molar-refractivity contribution in [2.75, 3.05) is 5.75 Å². The summed E-state index contributed by atoms with van der Waals surface area (Å²) < 4.78 is 0. The van der Waals surface area contributed by atoms with Gasteiger partial charge in [0.25, 0.3) is 0 Å². The zero-order chi connectivity index (χ0) is 23.4. The van der Waals surface area contributed by atoms with Crippen LogP contribution in [0.15, 0.2) is 18.2 Å². The molecular formula is C28H45BrN2O2S. The first-order chi connectivity index (χ1) is 15.9. The van der Waals surface area contributed by atoms with Gasteiger partial charge in [0.1, 0.15) is 5.75 Å². The molecule has 2 saturated carbocycles. The van der Waals surface area contributed by atoms with Crippen LogP contribution in [0, 0.1) is 28.6 Å². The second-order valence-electron chi connectivity index (χ2n) is 11.3. The van der Waals surface area contributed by atoms with E-state index in [2.05, 4.69) is 13.0 Å². The monoisotopic (exact) mass is 552 g/mol. The Bertz CT molecular complexity index is 822. The summed E-state index contributed by atoms with van der Waals surface area (Å²) in [4.78, 5) is 0. The quantitative estimate of drug-likeness (QED) is 0.141. The molecule has 3 aliphatic rings. The highest BCUT2D eigenvalue weighted by Gasteiger charge is 2.56. The Labute approximate surface area is 221 Å². The van der Waals surface area contributed by atoms with E-state index in [0.29, 0.717) is 29.4 Å². The van der Waals surface area contributed by atoms with Gasteiger partial charge in [0.2, 0.25) is 0 Å². The van der Waals surface area contributed by atoms with Crippen LogP contribution in [0.2, 0.25) is 0 Å². The third kappa shape index (κ3) is 6.15. The fourth-order valence-electron chi connectivity index (χ4n) is 7.61. The Kier molecular flexibility index (Phi) is 10.2. The van der Waals surface area contributed by atoms with Gasteiger partial charge in [0.15, 0.2) is 5.17 Å². The van der Waals surface area contributed by atoms with E-state index in [1.165, 1.54) is 80.7 Å². The Balaban J connectivity index is 0.00000324. The molecule has 0 bridgehead atoms. The number of phenolic OH excluding ortho intramolecular Hbond substituents is 1. The Morgan fingerprint density at radius 3 is 2.53 bits per heavy atom. The molecule has 5 N–H and O–H groups in total. The molecule has 1 aromatic rings. The number of aliphatic hydroxyl groups excluding tert-OH is 1. The summed E-state index contributed by atoms with van der Waals surface area (Å²) in [5.74, 6) is 4.01. The number of aliphatic hydroxyl groups is 1. The fraction of sp³-hybridized carbons (Fsp3) is 0.750. The zero-order valence-corrected chi connectivity index (χ0v) is 23.3. The van der Waals surface area contributed by atoms with Crippen LogP contribution in [0.1, 0.15) is 101 Å². The summed E-state index contributed by atoms with van der Waals surface area (Å²) in [5.41, 5.74) is 8.36. The molecule has 6 atom stereocenters. The second-order valence-corrected chi connectivity index (χ2v) is 12.4. The molecular weight excluding hydrogens is 508 g/mol. The highest BCUT2D eigenvalue weighted by atomic mass is 79.9. The summed E-state index contributed by atoms with van der Waals surface area (Å²) in [6.07, 6.45) is 15.7. The maximum atomic E-state index is 10.8. The van der Waals surface area contributed by atoms with Crippen LogP contribution in [-0.2, 0) is 6.42 Å². The van der Waals surface area contributed by atoms with Crippen LogP contribution in [0.25, 0.3) is 0 Å². The number of hydrogen-bond donors (Lipinski definition) is 4. The van der Waals surface area contributed by atoms with Gasteiger partial charge in [-0.05, 0) is 97.3 Å². The lowest BCUT2D eigenvalue weighted by molar-refractivity contribution is -0.0396. The number of rotatable bonds is 10. The van der Waals surface area contributed by atoms with Crippen LogP contribution in [-0.4, -0.2) is 27.2 Å². The number of thioether (sulfide) groups is 1. The van der Waals surface area contributed by atoms with Crippen LogP contribution in [0.4, 0.5) is 0 Å². The first-order valence-electron chi connectivity index (χ1n) is 13.4. The van der Waals surface area contributed by atoms with Crippen molar-refractivity contribution in [3.63, 3.8) is 0 Å². The lowest BCUT2D eigenvalue weighted by atomic mass is 9.52. The predicted molar refractivity (Wildman–Crippen MR) is 149 cm³/mol. The van der Waals surface area contributed by atoms with E-state index in [9.17, 15) is 10.2 Å². The van der Waals surface area contributed by atoms with Gasteiger partial charge in [-0.15, -0.1) is 17.0 Å². The average molecular weight is 554 g/mol. The fourth-order valence-corrected chi connectivity index (χ4v) is 8.17. The van der Waals surface area contributed by atoms with Crippen molar-refractivity contribution in [2.45, 2.75) is 102 Å². The van der Waals surface area contributed by atoms with Crippen LogP contribution >= 0.6 is 28.7 Å². The molecule has 0 radical (unpaired) electrons. The van der Waals surface area contributed by atoms with Gasteiger partial charge in [-0.1, -0.05) is 63.3 Å². The molecule has 0 aromatic heterocycles. The molecule has 3 aliphatic carbocycles. The Hall–Kier alpha value is -0.720. The topological polar surface area (TPSA) is 90.3 Å². The molecule has 3 unspecified atom stereocenters. The van der Waals surface area contributed by atoms with Gasteiger partial charge in [-0.2, -0.15) is 0 Å². The van der Waals surface area contributed by atoms with Gasteiger partial charge in [0, 0.05) is 5.75 Å². The van der Waals surface area contributed by atoms with Crippen LogP contribution in [0.5, 0.6) is 5.75 Å². The van der Waals surface area contributed by atoms with Gasteiger partial charge >= 0.3 is 0 Å². The number of nitrogens with two attached hydrogens (primary N) is 1. The number of benzene rings is 1. The number of nitrogens with one attached hydrogen (secondary N) is 1. The van der Waals surface area contributed by atoms with E-state index in [-0.39, 0.29) is 33.7 Å². The molecule has 0 aliphatic heterocycles. The van der Waals surface area contributed by atoms with Crippen molar-refractivity contribution in [1.82, 2.24) is 0 Å². The zero-order valence-electron chi connectivity index (χ0n) is 20.8. The van der Waals surface area contributed by atoms with Gasteiger partial charge in [-0.25, -0.2) is 0 Å². The van der Waals surface area contributed by atoms with Gasteiger partial charge in [-0.3, -0.25) is 5.41 Å². The lowest BCUT2D eigenvalue weighted by Gasteiger charge is -2.53. The molecule has 4 rings (SSSR count). The second kappa shape index (κ2) is 12.5. The number of aromatic hydroxyl groups is 1. The number of fused-ring (bicyclic) bond motifs is 5. The van der Waals surface area contributed by atoms with Gasteiger partial charge in [0.05, 0.1) is 6.10 Å². The van der Waals surface area contributed by atoms with E-state index in [1.54, 1.807) is 0 Å². The largest absolute Gasteiger partial charge is 0.508 e. The maximum absolute atomic E-state index is 10.8. The molecule has 2 fully saturated rings. The third-order valence-electron chi connectivity index (χ3n) is 9.31. The van der Waals surface area contributed by atoms with Crippen molar-refractivity contribution in [2.24, 2.45) is 28.9 Å². The summed E-state index contributed by atoms with van der Waals surface area (Å²) in [6.45, 7) is 2.36. The summed E-state index contributed by atoms with van der Waals surface area (Å²) in [7, 11) is 0. The van der Waals surface area contributed by atoms with Gasteiger partial charge < -0.3 is 15.9 Å². The van der Waals surface area contributed by atoms with Crippen molar-refractivity contribution >= 4 is 33.9 Å². The van der Waals surface area contributed by atoms with E-state index < -0.39 is 0 Å². The molecule has 0 spiro atoms. The molecule has 0 heterocycles. The Morgan fingerprint density at radius 2 is 1.79 bits per heavy atom. The molecule has 1 aromatic carbocycles. The standard InChI is InChI=1S/C28H44N2O2S.BrH/c1-28-15-14-23-22-11-10-21(31)18-20(22)17-19(26(23)24(28)12-13-25(28)32)9-7-5-3-2-4-6-8-16-33-27(29)30;/h10-11,18-19,23-26,31-32H,2-9,12-17H2,1H3,(H3,29,30);1H/t19-,23?,24?,25+,26?,28+;/m1./s1. The highest BCUT2D eigenvalue weighted by Crippen LogP contribution is 2.62. The van der Waals surface area contributed by atoms with Crippen molar-refractivity contribution in [3.8, 4) is 5.75 Å². The minimum absolute atomic E-state index is 0. The smallest absolute Gasteiger partial charge is 0.151 e. The van der Waals surface area contributed by atoms with Crippen LogP contribution in [0.3, 0.4) is 0 Å². The average Bonchev–Trinajstić information content (AvgIpc) is 3.08.